The van der Waals surface area contributed by atoms with Gasteiger partial charge in [0.2, 0.25) is 0 Å². The zero-order valence-corrected chi connectivity index (χ0v) is 20.2. The Morgan fingerprint density at radius 3 is 1.15 bits per heavy atom. The van der Waals surface area contributed by atoms with Crippen LogP contribution in [0.4, 0.5) is 0 Å². The molecule has 1 heterocycles. The molecule has 0 aromatic heterocycles. The Bertz CT molecular complexity index is 420. The maximum atomic E-state index is 6.58. The highest BCUT2D eigenvalue weighted by atomic mass is 16.6. The summed E-state index contributed by atoms with van der Waals surface area (Å²) in [7, 11) is 0. The molecule has 0 bridgehead atoms. The first kappa shape index (κ1) is 24.9. The van der Waals surface area contributed by atoms with Gasteiger partial charge in [0.15, 0.2) is 0 Å². The topological polar surface area (TPSA) is 30.9 Å². The van der Waals surface area contributed by atoms with Crippen molar-refractivity contribution in [2.75, 3.05) is 13.1 Å². The second-order valence-electron chi connectivity index (χ2n) is 12.0. The van der Waals surface area contributed by atoms with Crippen LogP contribution in [0.5, 0.6) is 0 Å². The van der Waals surface area contributed by atoms with Crippen LogP contribution in [0.2, 0.25) is 0 Å². The van der Waals surface area contributed by atoms with Crippen LogP contribution in [0, 0.1) is 0 Å². The Morgan fingerprint density at radius 2 is 0.889 bits per heavy atom. The van der Waals surface area contributed by atoms with Crippen LogP contribution in [0.15, 0.2) is 0 Å². The molecule has 1 aliphatic heterocycles. The first-order valence-electron chi connectivity index (χ1n) is 10.7. The molecule has 4 heteroatoms. The third-order valence-electron chi connectivity index (χ3n) is 4.55. The highest BCUT2D eigenvalue weighted by Crippen LogP contribution is 2.31. The van der Waals surface area contributed by atoms with Gasteiger partial charge in [-0.05, 0) is 95.9 Å². The van der Waals surface area contributed by atoms with Crippen LogP contribution in [-0.4, -0.2) is 58.6 Å². The Balaban J connectivity index is 3.23. The standard InChI is InChI=1S/C23H47NO3/c1-20(2,3)24-15-13-17(25-21(4,5)6)19(27-23(10,11)12)18(14-16-24)26-22(7,8)9/h17-19H,13-16H2,1-12H3. The summed E-state index contributed by atoms with van der Waals surface area (Å²) in [4.78, 5) is 2.55. The van der Waals surface area contributed by atoms with Gasteiger partial charge in [-0.25, -0.2) is 0 Å². The number of ether oxygens (including phenoxy) is 3. The number of likely N-dealkylation sites (tertiary alicyclic amines) is 1. The Morgan fingerprint density at radius 1 is 0.556 bits per heavy atom. The SMILES string of the molecule is CC(C)(C)OC1CCN(C(C)(C)C)CCC(OC(C)(C)C)C1OC(C)(C)C. The van der Waals surface area contributed by atoms with E-state index in [0.29, 0.717) is 0 Å². The number of rotatable bonds is 3. The predicted molar refractivity (Wildman–Crippen MR) is 114 cm³/mol. The fourth-order valence-electron chi connectivity index (χ4n) is 3.64. The Hall–Kier alpha value is -0.160. The first-order chi connectivity index (χ1) is 11.9. The molecule has 0 radical (unpaired) electrons. The second-order valence-corrected chi connectivity index (χ2v) is 12.0. The molecule has 1 fully saturated rings. The number of hydrogen-bond acceptors (Lipinski definition) is 4. The minimum Gasteiger partial charge on any atom is -0.370 e. The van der Waals surface area contributed by atoms with E-state index in [1.165, 1.54) is 0 Å². The average Bonchev–Trinajstić information content (AvgIpc) is 2.35. The minimum atomic E-state index is -0.243. The summed E-state index contributed by atoms with van der Waals surface area (Å²) >= 11 is 0. The van der Waals surface area contributed by atoms with Crippen molar-refractivity contribution >= 4 is 0 Å². The Kier molecular flexibility index (Phi) is 8.00. The lowest BCUT2D eigenvalue weighted by molar-refractivity contribution is -0.226. The highest BCUT2D eigenvalue weighted by molar-refractivity contribution is 4.91. The summed E-state index contributed by atoms with van der Waals surface area (Å²) in [6.45, 7) is 28.0. The van der Waals surface area contributed by atoms with Crippen LogP contribution >= 0.6 is 0 Å². The molecule has 0 saturated carbocycles. The van der Waals surface area contributed by atoms with Gasteiger partial charge in [-0.2, -0.15) is 0 Å². The van der Waals surface area contributed by atoms with Gasteiger partial charge in [0, 0.05) is 18.6 Å². The number of nitrogens with zero attached hydrogens (tertiary/aromatic N) is 1. The summed E-state index contributed by atoms with van der Waals surface area (Å²) in [5.74, 6) is 0. The zero-order valence-electron chi connectivity index (χ0n) is 20.2. The molecule has 0 aromatic rings. The summed E-state index contributed by atoms with van der Waals surface area (Å²) in [5, 5.41) is 0. The van der Waals surface area contributed by atoms with E-state index in [1.54, 1.807) is 0 Å². The van der Waals surface area contributed by atoms with Crippen molar-refractivity contribution < 1.29 is 14.2 Å². The second kappa shape index (κ2) is 8.69. The smallest absolute Gasteiger partial charge is 0.111 e. The van der Waals surface area contributed by atoms with Gasteiger partial charge in [-0.15, -0.1) is 0 Å². The van der Waals surface area contributed by atoms with E-state index in [4.69, 9.17) is 14.2 Å². The molecule has 0 N–H and O–H groups in total. The number of hydrogen-bond donors (Lipinski definition) is 0. The fraction of sp³-hybridized carbons (Fsp3) is 1.00. The van der Waals surface area contributed by atoms with Gasteiger partial charge in [0.25, 0.3) is 0 Å². The van der Waals surface area contributed by atoms with Crippen LogP contribution in [0.3, 0.4) is 0 Å². The van der Waals surface area contributed by atoms with Crippen LogP contribution in [0.1, 0.15) is 95.9 Å². The molecule has 1 saturated heterocycles. The fourth-order valence-corrected chi connectivity index (χ4v) is 3.64. The van der Waals surface area contributed by atoms with Crippen molar-refractivity contribution in [1.29, 1.82) is 0 Å². The largest absolute Gasteiger partial charge is 0.370 e. The quantitative estimate of drug-likeness (QED) is 0.648. The van der Waals surface area contributed by atoms with Gasteiger partial charge >= 0.3 is 0 Å². The van der Waals surface area contributed by atoms with E-state index in [9.17, 15) is 0 Å². The van der Waals surface area contributed by atoms with Gasteiger partial charge in [0.05, 0.1) is 29.0 Å². The average molecular weight is 386 g/mol. The highest BCUT2D eigenvalue weighted by Gasteiger charge is 2.41. The summed E-state index contributed by atoms with van der Waals surface area (Å²) in [6, 6.07) is 0. The van der Waals surface area contributed by atoms with Gasteiger partial charge in [-0.1, -0.05) is 0 Å². The zero-order chi connectivity index (χ0) is 21.3. The maximum absolute atomic E-state index is 6.58. The van der Waals surface area contributed by atoms with Crippen molar-refractivity contribution in [3.05, 3.63) is 0 Å². The monoisotopic (exact) mass is 385 g/mol. The lowest BCUT2D eigenvalue weighted by Gasteiger charge is -2.46. The molecule has 0 amide bonds. The first-order valence-corrected chi connectivity index (χ1v) is 10.7. The van der Waals surface area contributed by atoms with Crippen molar-refractivity contribution in [2.24, 2.45) is 0 Å². The molecule has 2 unspecified atom stereocenters. The minimum absolute atomic E-state index is 0.00160. The lowest BCUT2D eigenvalue weighted by Crippen LogP contribution is -2.55. The van der Waals surface area contributed by atoms with Crippen molar-refractivity contribution in [2.45, 2.75) is 137 Å². The van der Waals surface area contributed by atoms with E-state index in [-0.39, 0.29) is 40.7 Å². The molecule has 1 aliphatic rings. The normalized spacial score (nSPS) is 27.3. The molecule has 4 nitrogen and oxygen atoms in total. The van der Waals surface area contributed by atoms with Gasteiger partial charge in [0.1, 0.15) is 6.10 Å². The maximum Gasteiger partial charge on any atom is 0.111 e. The van der Waals surface area contributed by atoms with E-state index in [2.05, 4.69) is 88.0 Å². The van der Waals surface area contributed by atoms with Crippen molar-refractivity contribution in [3.63, 3.8) is 0 Å². The van der Waals surface area contributed by atoms with Crippen molar-refractivity contribution in [1.82, 2.24) is 4.90 Å². The molecule has 0 aliphatic carbocycles. The molecule has 0 spiro atoms. The van der Waals surface area contributed by atoms with E-state index in [0.717, 1.165) is 25.9 Å². The predicted octanol–water partition coefficient (Wildman–Crippen LogP) is 5.43. The van der Waals surface area contributed by atoms with Gasteiger partial charge < -0.3 is 14.2 Å². The molecule has 2 atom stereocenters. The van der Waals surface area contributed by atoms with E-state index < -0.39 is 0 Å². The van der Waals surface area contributed by atoms with Crippen LogP contribution in [-0.2, 0) is 14.2 Å². The summed E-state index contributed by atoms with van der Waals surface area (Å²) in [5.41, 5.74) is -0.548. The molecular formula is C23H47NO3. The Labute approximate surface area is 169 Å². The molecule has 27 heavy (non-hydrogen) atoms. The summed E-state index contributed by atoms with van der Waals surface area (Å²) < 4.78 is 19.7. The molecular weight excluding hydrogens is 338 g/mol. The lowest BCUT2D eigenvalue weighted by atomic mass is 9.94. The third kappa shape index (κ3) is 9.74. The van der Waals surface area contributed by atoms with Gasteiger partial charge in [-0.3, -0.25) is 4.90 Å². The van der Waals surface area contributed by atoms with Crippen LogP contribution in [0.25, 0.3) is 0 Å². The van der Waals surface area contributed by atoms with E-state index >= 15 is 0 Å². The molecule has 0 aromatic carbocycles. The molecule has 1 rings (SSSR count). The third-order valence-corrected chi connectivity index (χ3v) is 4.55. The van der Waals surface area contributed by atoms with Crippen molar-refractivity contribution in [3.8, 4) is 0 Å². The summed E-state index contributed by atoms with van der Waals surface area (Å²) in [6.07, 6.45) is 1.81. The van der Waals surface area contributed by atoms with Crippen LogP contribution < -0.4 is 0 Å². The van der Waals surface area contributed by atoms with E-state index in [1.807, 2.05) is 0 Å². The molecule has 162 valence electrons.